The first-order valence-electron chi connectivity index (χ1n) is 25.8. The highest BCUT2D eigenvalue weighted by atomic mass is 32.2. The molecule has 0 radical (unpaired) electrons. The molecule has 6 heteroatoms. The van der Waals surface area contributed by atoms with Crippen molar-refractivity contribution in [2.24, 2.45) is 0 Å². The highest BCUT2D eigenvalue weighted by molar-refractivity contribution is 7.99. The number of para-hydroxylation sites is 7. The predicted octanol–water partition coefficient (Wildman–Crippen LogP) is 17.8. The molecule has 1 aromatic heterocycles. The van der Waals surface area contributed by atoms with E-state index in [-0.39, 0.29) is 6.29 Å². The SMILES string of the molecule is CN1c2ccccc2N(c2ccccc2)C1N(c1ccccc1)c1ccc2c(c1)Sc1cc3c(cc1C21c2ccccc2-c2ccccc21)c1c(N(c2ccccc2)c2ccccc2)cccc1n3-c1ccccc1. The van der Waals surface area contributed by atoms with Crippen LogP contribution in [0.1, 0.15) is 22.3 Å². The van der Waals surface area contributed by atoms with Gasteiger partial charge in [-0.05, 0) is 143 Å². The smallest absolute Gasteiger partial charge is 0.189 e. The van der Waals surface area contributed by atoms with Crippen molar-refractivity contribution in [3.63, 3.8) is 0 Å². The van der Waals surface area contributed by atoms with E-state index in [1.54, 1.807) is 0 Å². The number of benzene rings is 11. The Morgan fingerprint density at radius 1 is 0.400 bits per heavy atom. The second kappa shape index (κ2) is 17.2. The van der Waals surface area contributed by atoms with Crippen molar-refractivity contribution >= 4 is 79.1 Å². The van der Waals surface area contributed by atoms with Crippen LogP contribution in [0.15, 0.2) is 283 Å². The van der Waals surface area contributed by atoms with Gasteiger partial charge < -0.3 is 24.2 Å². The molecule has 11 aromatic carbocycles. The van der Waals surface area contributed by atoms with E-state index < -0.39 is 5.41 Å². The second-order valence-electron chi connectivity index (χ2n) is 19.7. The van der Waals surface area contributed by atoms with Crippen molar-refractivity contribution in [3.05, 3.63) is 295 Å². The van der Waals surface area contributed by atoms with Gasteiger partial charge in [0.1, 0.15) is 0 Å². The van der Waals surface area contributed by atoms with E-state index in [0.29, 0.717) is 0 Å². The molecule has 0 saturated carbocycles. The molecule has 3 aliphatic rings. The Morgan fingerprint density at radius 2 is 0.933 bits per heavy atom. The van der Waals surface area contributed by atoms with Gasteiger partial charge in [0.05, 0.1) is 33.5 Å². The van der Waals surface area contributed by atoms with Gasteiger partial charge in [-0.2, -0.15) is 0 Å². The first kappa shape index (κ1) is 43.4. The molecule has 2 aliphatic heterocycles. The maximum Gasteiger partial charge on any atom is 0.189 e. The molecule has 15 rings (SSSR count). The van der Waals surface area contributed by atoms with Gasteiger partial charge in [-0.1, -0.05) is 176 Å². The maximum absolute atomic E-state index is 2.57. The summed E-state index contributed by atoms with van der Waals surface area (Å²) in [5.41, 5.74) is 19.6. The van der Waals surface area contributed by atoms with E-state index in [0.717, 1.165) is 45.3 Å². The van der Waals surface area contributed by atoms with E-state index in [1.807, 2.05) is 11.8 Å². The largest absolute Gasteiger partial charge is 0.335 e. The molecule has 0 amide bonds. The summed E-state index contributed by atoms with van der Waals surface area (Å²) in [6.45, 7) is 0. The zero-order chi connectivity index (χ0) is 49.6. The van der Waals surface area contributed by atoms with E-state index in [4.69, 9.17) is 0 Å². The minimum atomic E-state index is -0.626. The lowest BCUT2D eigenvalue weighted by Gasteiger charge is -2.43. The van der Waals surface area contributed by atoms with Gasteiger partial charge in [-0.3, -0.25) is 0 Å². The zero-order valence-corrected chi connectivity index (χ0v) is 42.0. The van der Waals surface area contributed by atoms with Crippen LogP contribution in [0.25, 0.3) is 38.6 Å². The van der Waals surface area contributed by atoms with Crippen molar-refractivity contribution in [1.82, 2.24) is 4.57 Å². The molecule has 1 aliphatic carbocycles. The number of anilines is 8. The number of hydrogen-bond acceptors (Lipinski definition) is 5. The minimum Gasteiger partial charge on any atom is -0.335 e. The molecule has 12 aromatic rings. The molecule has 0 fully saturated rings. The number of nitrogens with zero attached hydrogens (tertiary/aromatic N) is 5. The highest BCUT2D eigenvalue weighted by Gasteiger charge is 2.51. The fourth-order valence-electron chi connectivity index (χ4n) is 12.8. The summed E-state index contributed by atoms with van der Waals surface area (Å²) < 4.78 is 2.49. The monoisotopic (exact) mass is 979 g/mol. The van der Waals surface area contributed by atoms with Crippen LogP contribution in [0.2, 0.25) is 0 Å². The number of fused-ring (bicyclic) bond motifs is 13. The maximum atomic E-state index is 2.57. The number of aromatic nitrogens is 1. The third kappa shape index (κ3) is 6.46. The van der Waals surface area contributed by atoms with Crippen molar-refractivity contribution in [2.45, 2.75) is 21.5 Å². The molecule has 3 heterocycles. The van der Waals surface area contributed by atoms with Crippen LogP contribution in [0, 0.1) is 0 Å². The van der Waals surface area contributed by atoms with Gasteiger partial charge in [0.15, 0.2) is 6.29 Å². The van der Waals surface area contributed by atoms with Crippen LogP contribution in [-0.2, 0) is 5.41 Å². The average Bonchev–Trinajstić information content (AvgIpc) is 4.10. The fourth-order valence-corrected chi connectivity index (χ4v) is 14.0. The quantitative estimate of drug-likeness (QED) is 0.151. The molecule has 0 bridgehead atoms. The van der Waals surface area contributed by atoms with E-state index in [2.05, 4.69) is 304 Å². The zero-order valence-electron chi connectivity index (χ0n) is 41.2. The summed E-state index contributed by atoms with van der Waals surface area (Å²) in [5.74, 6) is 0. The second-order valence-corrected chi connectivity index (χ2v) is 20.8. The summed E-state index contributed by atoms with van der Waals surface area (Å²) in [4.78, 5) is 12.3. The Bertz CT molecular complexity index is 4060. The molecule has 75 heavy (non-hydrogen) atoms. The molecule has 5 nitrogen and oxygen atoms in total. The van der Waals surface area contributed by atoms with Crippen LogP contribution in [0.4, 0.5) is 45.5 Å². The van der Waals surface area contributed by atoms with Crippen LogP contribution in [-0.4, -0.2) is 17.9 Å². The molecule has 1 atom stereocenters. The Balaban J connectivity index is 1.01. The highest BCUT2D eigenvalue weighted by Crippen LogP contribution is 2.64. The molecule has 356 valence electrons. The summed E-state index contributed by atoms with van der Waals surface area (Å²) in [6, 6.07) is 101. The summed E-state index contributed by atoms with van der Waals surface area (Å²) in [6.07, 6.45) is -0.213. The van der Waals surface area contributed by atoms with Crippen LogP contribution < -0.4 is 19.6 Å². The Kier molecular flexibility index (Phi) is 9.94. The van der Waals surface area contributed by atoms with Crippen molar-refractivity contribution in [3.8, 4) is 16.8 Å². The molecular weight excluding hydrogens is 931 g/mol. The standard InChI is InChI=1S/C69H49N5S/c1-70-60-38-21-22-39-61(60)74(51-32-15-6-16-33-51)68(70)72(49-28-11-4-12-29-49)52-42-43-58-65(44-52)75-66-46-64-55(45-59(66)69(58)56-36-19-17-34-53(56)54-35-18-20-37-57(54)69)67-62(40-23-41-63(67)73(64)50-30-13-5-14-31-50)71(47-24-7-2-8-25-47)48-26-9-3-10-27-48/h2-46,68H,1H3. The van der Waals surface area contributed by atoms with Crippen LogP contribution in [0.3, 0.4) is 0 Å². The first-order valence-corrected chi connectivity index (χ1v) is 26.6. The van der Waals surface area contributed by atoms with Crippen molar-refractivity contribution < 1.29 is 0 Å². The molecule has 0 saturated heterocycles. The van der Waals surface area contributed by atoms with E-state index >= 15 is 0 Å². The summed E-state index contributed by atoms with van der Waals surface area (Å²) >= 11 is 1.90. The van der Waals surface area contributed by atoms with Crippen LogP contribution in [0.5, 0.6) is 0 Å². The molecular formula is C69H49N5S. The van der Waals surface area contributed by atoms with Gasteiger partial charge in [-0.25, -0.2) is 0 Å². The third-order valence-corrected chi connectivity index (χ3v) is 16.9. The lowest BCUT2D eigenvalue weighted by atomic mass is 9.67. The van der Waals surface area contributed by atoms with Gasteiger partial charge >= 0.3 is 0 Å². The number of hydrogen-bond donors (Lipinski definition) is 0. The van der Waals surface area contributed by atoms with Gasteiger partial charge in [-0.15, -0.1) is 0 Å². The first-order chi connectivity index (χ1) is 37.2. The topological polar surface area (TPSA) is 17.9 Å². The summed E-state index contributed by atoms with van der Waals surface area (Å²) in [5, 5.41) is 2.41. The Labute approximate surface area is 441 Å². The van der Waals surface area contributed by atoms with E-state index in [1.165, 1.54) is 70.8 Å². The molecule has 1 unspecified atom stereocenters. The fraction of sp³-hybridized carbons (Fsp3) is 0.0435. The van der Waals surface area contributed by atoms with Gasteiger partial charge in [0.2, 0.25) is 0 Å². The summed E-state index contributed by atoms with van der Waals surface area (Å²) in [7, 11) is 2.23. The van der Waals surface area contributed by atoms with Gasteiger partial charge in [0.25, 0.3) is 0 Å². The molecule has 1 spiro atoms. The van der Waals surface area contributed by atoms with Crippen LogP contribution >= 0.6 is 11.8 Å². The van der Waals surface area contributed by atoms with E-state index in [9.17, 15) is 0 Å². The Morgan fingerprint density at radius 3 is 1.57 bits per heavy atom. The van der Waals surface area contributed by atoms with Crippen molar-refractivity contribution in [1.29, 1.82) is 0 Å². The predicted molar refractivity (Wildman–Crippen MR) is 313 cm³/mol. The van der Waals surface area contributed by atoms with Gasteiger partial charge in [0, 0.05) is 61.7 Å². The number of rotatable bonds is 8. The Hall–Kier alpha value is -9.23. The average molecular weight is 980 g/mol. The molecule has 0 N–H and O–H groups in total. The minimum absolute atomic E-state index is 0.213. The normalized spacial score (nSPS) is 14.6. The van der Waals surface area contributed by atoms with Crippen molar-refractivity contribution in [2.75, 3.05) is 26.6 Å². The third-order valence-electron chi connectivity index (χ3n) is 15.8. The lowest BCUT2D eigenvalue weighted by Crippen LogP contribution is -2.50. The lowest BCUT2D eigenvalue weighted by molar-refractivity contribution is 0.673.